The molecule has 0 aromatic carbocycles. The molecule has 0 aromatic heterocycles. The molecule has 1 aliphatic heterocycles. The summed E-state index contributed by atoms with van der Waals surface area (Å²) in [6.07, 6.45) is 4.51. The summed E-state index contributed by atoms with van der Waals surface area (Å²) < 4.78 is 0. The van der Waals surface area contributed by atoms with E-state index in [1.807, 2.05) is 11.9 Å². The molecule has 0 spiro atoms. The highest BCUT2D eigenvalue weighted by Crippen LogP contribution is 2.31. The maximum Gasteiger partial charge on any atom is 0.240 e. The predicted molar refractivity (Wildman–Crippen MR) is 71.9 cm³/mol. The highest BCUT2D eigenvalue weighted by Gasteiger charge is 2.39. The van der Waals surface area contributed by atoms with E-state index in [9.17, 15) is 4.79 Å². The van der Waals surface area contributed by atoms with Crippen molar-refractivity contribution in [3.63, 3.8) is 0 Å². The van der Waals surface area contributed by atoms with Crippen LogP contribution in [0.3, 0.4) is 0 Å². The molecule has 17 heavy (non-hydrogen) atoms. The fraction of sp³-hybridized carbons (Fsp3) is 0.929. The lowest BCUT2D eigenvalue weighted by Gasteiger charge is -2.41. The summed E-state index contributed by atoms with van der Waals surface area (Å²) in [7, 11) is 1.94. The van der Waals surface area contributed by atoms with Gasteiger partial charge in [0.2, 0.25) is 5.91 Å². The van der Waals surface area contributed by atoms with E-state index >= 15 is 0 Å². The molecular formula is C14H28N2O. The molecule has 3 heteroatoms. The molecule has 1 N–H and O–H groups in total. The van der Waals surface area contributed by atoms with Gasteiger partial charge in [0.1, 0.15) is 0 Å². The zero-order valence-electron chi connectivity index (χ0n) is 12.0. The topological polar surface area (TPSA) is 32.3 Å². The Hall–Kier alpha value is -0.570. The molecule has 1 heterocycles. The first-order valence-corrected chi connectivity index (χ1v) is 6.90. The van der Waals surface area contributed by atoms with Gasteiger partial charge in [0, 0.05) is 13.1 Å². The molecule has 1 amide bonds. The van der Waals surface area contributed by atoms with Gasteiger partial charge in [0.05, 0.1) is 6.04 Å². The molecule has 0 bridgehead atoms. The smallest absolute Gasteiger partial charge is 0.240 e. The number of amides is 1. The highest BCUT2D eigenvalue weighted by molar-refractivity contribution is 5.83. The Morgan fingerprint density at radius 3 is 2.71 bits per heavy atom. The Balaban J connectivity index is 2.67. The fourth-order valence-corrected chi connectivity index (χ4v) is 2.66. The number of hydrogen-bond donors (Lipinski definition) is 1. The van der Waals surface area contributed by atoms with E-state index in [-0.39, 0.29) is 17.4 Å². The second-order valence-corrected chi connectivity index (χ2v) is 6.07. The minimum atomic E-state index is -0.0134. The van der Waals surface area contributed by atoms with Crippen LogP contribution in [0.5, 0.6) is 0 Å². The van der Waals surface area contributed by atoms with Crippen LogP contribution in [0.1, 0.15) is 53.4 Å². The summed E-state index contributed by atoms with van der Waals surface area (Å²) in [4.78, 5) is 14.4. The fourth-order valence-electron chi connectivity index (χ4n) is 2.66. The van der Waals surface area contributed by atoms with E-state index in [0.717, 1.165) is 25.8 Å². The minimum absolute atomic E-state index is 0.0134. The number of hydrogen-bond acceptors (Lipinski definition) is 2. The van der Waals surface area contributed by atoms with Crippen molar-refractivity contribution in [2.45, 2.75) is 65.5 Å². The first-order valence-electron chi connectivity index (χ1n) is 6.90. The molecule has 2 unspecified atom stereocenters. The third-order valence-corrected chi connectivity index (χ3v) is 4.09. The van der Waals surface area contributed by atoms with Crippen molar-refractivity contribution in [2.24, 2.45) is 5.41 Å². The Kier molecular flexibility index (Phi) is 4.99. The van der Waals surface area contributed by atoms with Crippen molar-refractivity contribution in [2.75, 3.05) is 13.6 Å². The van der Waals surface area contributed by atoms with Gasteiger partial charge in [-0.25, -0.2) is 0 Å². The Labute approximate surface area is 106 Å². The van der Waals surface area contributed by atoms with E-state index in [0.29, 0.717) is 6.04 Å². The zero-order valence-corrected chi connectivity index (χ0v) is 12.0. The van der Waals surface area contributed by atoms with Gasteiger partial charge in [-0.15, -0.1) is 0 Å². The lowest BCUT2D eigenvalue weighted by atomic mass is 9.77. The van der Waals surface area contributed by atoms with E-state index in [1.165, 1.54) is 6.42 Å². The summed E-state index contributed by atoms with van der Waals surface area (Å²) in [6, 6.07) is 0.326. The maximum absolute atomic E-state index is 12.5. The number of carbonyl (C=O) groups is 1. The molecular weight excluding hydrogens is 212 g/mol. The van der Waals surface area contributed by atoms with Crippen LogP contribution in [-0.4, -0.2) is 36.5 Å². The van der Waals surface area contributed by atoms with Crippen LogP contribution < -0.4 is 5.32 Å². The van der Waals surface area contributed by atoms with Gasteiger partial charge in [0.25, 0.3) is 0 Å². The SMILES string of the molecule is CCCC(C)N(C)C(=O)C1NCCCC1(C)C. The second kappa shape index (κ2) is 5.85. The van der Waals surface area contributed by atoms with Gasteiger partial charge < -0.3 is 10.2 Å². The standard InChI is InChI=1S/C14H28N2O/c1-6-8-11(2)16(5)13(17)12-14(3,4)9-7-10-15-12/h11-12,15H,6-10H2,1-5H3. The third-order valence-electron chi connectivity index (χ3n) is 4.09. The number of carbonyl (C=O) groups excluding carboxylic acids is 1. The van der Waals surface area contributed by atoms with Gasteiger partial charge in [0.15, 0.2) is 0 Å². The van der Waals surface area contributed by atoms with Crippen LogP contribution in [0.4, 0.5) is 0 Å². The number of rotatable bonds is 4. The molecule has 2 atom stereocenters. The molecule has 100 valence electrons. The molecule has 1 saturated heterocycles. The number of piperidine rings is 1. The van der Waals surface area contributed by atoms with Gasteiger partial charge in [-0.1, -0.05) is 27.2 Å². The second-order valence-electron chi connectivity index (χ2n) is 6.07. The van der Waals surface area contributed by atoms with Crippen LogP contribution in [0.25, 0.3) is 0 Å². The number of nitrogens with zero attached hydrogens (tertiary/aromatic N) is 1. The van der Waals surface area contributed by atoms with Crippen molar-refractivity contribution in [1.82, 2.24) is 10.2 Å². The lowest BCUT2D eigenvalue weighted by Crippen LogP contribution is -2.57. The largest absolute Gasteiger partial charge is 0.342 e. The highest BCUT2D eigenvalue weighted by atomic mass is 16.2. The maximum atomic E-state index is 12.5. The van der Waals surface area contributed by atoms with E-state index in [4.69, 9.17) is 0 Å². The average Bonchev–Trinajstić information content (AvgIpc) is 2.27. The van der Waals surface area contributed by atoms with Crippen molar-refractivity contribution in [3.05, 3.63) is 0 Å². The van der Waals surface area contributed by atoms with E-state index < -0.39 is 0 Å². The zero-order chi connectivity index (χ0) is 13.1. The minimum Gasteiger partial charge on any atom is -0.342 e. The molecule has 0 aromatic rings. The molecule has 1 aliphatic rings. The quantitative estimate of drug-likeness (QED) is 0.818. The average molecular weight is 240 g/mol. The van der Waals surface area contributed by atoms with Crippen molar-refractivity contribution in [1.29, 1.82) is 0 Å². The summed E-state index contributed by atoms with van der Waals surface area (Å²) >= 11 is 0. The number of nitrogens with one attached hydrogen (secondary N) is 1. The van der Waals surface area contributed by atoms with Gasteiger partial charge in [-0.05, 0) is 38.1 Å². The Morgan fingerprint density at radius 2 is 2.18 bits per heavy atom. The predicted octanol–water partition coefficient (Wildman–Crippen LogP) is 2.41. The van der Waals surface area contributed by atoms with Crippen molar-refractivity contribution >= 4 is 5.91 Å². The van der Waals surface area contributed by atoms with Crippen molar-refractivity contribution < 1.29 is 4.79 Å². The normalized spacial score (nSPS) is 25.4. The van der Waals surface area contributed by atoms with Crippen molar-refractivity contribution in [3.8, 4) is 0 Å². The summed E-state index contributed by atoms with van der Waals surface area (Å²) in [5, 5.41) is 3.40. The van der Waals surface area contributed by atoms with Crippen LogP contribution in [0, 0.1) is 5.41 Å². The first kappa shape index (κ1) is 14.5. The molecule has 0 saturated carbocycles. The van der Waals surface area contributed by atoms with Gasteiger partial charge >= 0.3 is 0 Å². The molecule has 1 fully saturated rings. The van der Waals surface area contributed by atoms with E-state index in [1.54, 1.807) is 0 Å². The van der Waals surface area contributed by atoms with Gasteiger partial charge in [-0.3, -0.25) is 4.79 Å². The molecule has 1 rings (SSSR count). The van der Waals surface area contributed by atoms with Crippen LogP contribution >= 0.6 is 0 Å². The number of likely N-dealkylation sites (N-methyl/N-ethyl adjacent to an activating group) is 1. The Morgan fingerprint density at radius 1 is 1.53 bits per heavy atom. The molecule has 3 nitrogen and oxygen atoms in total. The summed E-state index contributed by atoms with van der Waals surface area (Å²) in [5.74, 6) is 0.260. The monoisotopic (exact) mass is 240 g/mol. The molecule has 0 aliphatic carbocycles. The first-order chi connectivity index (χ1) is 7.90. The van der Waals surface area contributed by atoms with E-state index in [2.05, 4.69) is 33.0 Å². The molecule has 0 radical (unpaired) electrons. The van der Waals surface area contributed by atoms with Crippen LogP contribution in [-0.2, 0) is 4.79 Å². The lowest BCUT2D eigenvalue weighted by molar-refractivity contribution is -0.138. The summed E-state index contributed by atoms with van der Waals surface area (Å²) in [5.41, 5.74) is 0.0789. The third kappa shape index (κ3) is 3.44. The van der Waals surface area contributed by atoms with Crippen LogP contribution in [0.2, 0.25) is 0 Å². The Bertz CT molecular complexity index is 263. The van der Waals surface area contributed by atoms with Crippen LogP contribution in [0.15, 0.2) is 0 Å². The van der Waals surface area contributed by atoms with Gasteiger partial charge in [-0.2, -0.15) is 0 Å². The summed E-state index contributed by atoms with van der Waals surface area (Å²) in [6.45, 7) is 9.66.